The predicted molar refractivity (Wildman–Crippen MR) is 247 cm³/mol. The number of methoxy groups -OCH3 is 2. The van der Waals surface area contributed by atoms with Gasteiger partial charge in [0.25, 0.3) is 0 Å². The van der Waals surface area contributed by atoms with Gasteiger partial charge < -0.3 is 32.2 Å². The molecule has 1 aromatic carbocycles. The maximum Gasteiger partial charge on any atom is 0.337 e. The maximum atomic E-state index is 14.0. The van der Waals surface area contributed by atoms with Gasteiger partial charge in [-0.05, 0) is 91.5 Å². The van der Waals surface area contributed by atoms with Crippen LogP contribution in [-0.2, 0) is 38.9 Å². The molecule has 0 saturated heterocycles. The minimum Gasteiger partial charge on any atom is -0.497 e. The molecule has 0 heterocycles. The van der Waals surface area contributed by atoms with Crippen molar-refractivity contribution in [2.24, 2.45) is 17.8 Å². The van der Waals surface area contributed by atoms with Gasteiger partial charge in [0.05, 0.1) is 38.1 Å². The van der Waals surface area contributed by atoms with E-state index in [1.807, 2.05) is 24.3 Å². The highest BCUT2D eigenvalue weighted by Gasteiger charge is 2.50. The fraction of sp³-hybridized carbons (Fsp3) is 0.761. The Kier molecular flexibility index (Phi) is 21.4. The molecule has 330 valence electrons. The number of ether oxygens (including phenoxy) is 4. The highest BCUT2D eigenvalue weighted by atomic mass is 28.4. The first-order valence-corrected chi connectivity index (χ1v) is 29.8. The van der Waals surface area contributed by atoms with Gasteiger partial charge in [0.15, 0.2) is 31.1 Å². The molecule has 57 heavy (non-hydrogen) atoms. The van der Waals surface area contributed by atoms with Crippen LogP contribution < -0.4 is 4.74 Å². The van der Waals surface area contributed by atoms with Crippen LogP contribution in [0.3, 0.4) is 0 Å². The summed E-state index contributed by atoms with van der Waals surface area (Å²) in [6, 6.07) is 11.0. The normalized spacial score (nSPS) is 17.9. The molecule has 0 spiro atoms. The van der Waals surface area contributed by atoms with E-state index in [0.717, 1.165) is 35.0 Å². The summed E-state index contributed by atoms with van der Waals surface area (Å²) >= 11 is 0. The molecule has 0 radical (unpaired) electrons. The van der Waals surface area contributed by atoms with Gasteiger partial charge in [-0.25, -0.2) is 4.79 Å². The molecular weight excluding hydrogens is 765 g/mol. The summed E-state index contributed by atoms with van der Waals surface area (Å²) in [7, 11) is -3.62. The number of hydrogen-bond acceptors (Lipinski definition) is 8. The second-order valence-corrected chi connectivity index (χ2v) is 33.6. The topological polar surface area (TPSA) is 81.7 Å². The van der Waals surface area contributed by atoms with Crippen LogP contribution in [0.2, 0.25) is 54.4 Å². The molecule has 0 unspecified atom stereocenters. The van der Waals surface area contributed by atoms with Crippen LogP contribution in [0.5, 0.6) is 5.75 Å². The minimum absolute atomic E-state index is 0.0194. The monoisotopic (exact) mass is 851 g/mol. The lowest BCUT2D eigenvalue weighted by molar-refractivity contribution is -0.164. The molecular formula is C46H86O8Si3. The van der Waals surface area contributed by atoms with E-state index >= 15 is 0 Å². The average molecular weight is 851 g/mol. The van der Waals surface area contributed by atoms with E-state index < -0.39 is 43.1 Å². The van der Waals surface area contributed by atoms with E-state index in [-0.39, 0.29) is 52.7 Å². The molecule has 1 rings (SSSR count). The Morgan fingerprint density at radius 3 is 1.67 bits per heavy atom. The maximum absolute atomic E-state index is 14.0. The van der Waals surface area contributed by atoms with Gasteiger partial charge in [-0.3, -0.25) is 0 Å². The van der Waals surface area contributed by atoms with Crippen molar-refractivity contribution in [3.05, 3.63) is 54.1 Å². The Balaban J connectivity index is 3.92. The van der Waals surface area contributed by atoms with Crippen LogP contribution in [-0.4, -0.2) is 82.3 Å². The van der Waals surface area contributed by atoms with E-state index in [2.05, 4.69) is 136 Å². The van der Waals surface area contributed by atoms with E-state index in [9.17, 15) is 4.79 Å². The average Bonchev–Trinajstić information content (AvgIpc) is 3.14. The first-order chi connectivity index (χ1) is 26.2. The van der Waals surface area contributed by atoms with Crippen molar-refractivity contribution in [3.8, 4) is 5.75 Å². The molecule has 0 N–H and O–H groups in total. The molecule has 1 aromatic rings. The molecule has 8 atom stereocenters. The first kappa shape index (κ1) is 53.4. The summed E-state index contributed by atoms with van der Waals surface area (Å²) in [6.07, 6.45) is 1.75. The second kappa shape index (κ2) is 22.9. The number of benzene rings is 1. The molecule has 11 heteroatoms. The largest absolute Gasteiger partial charge is 0.497 e. The van der Waals surface area contributed by atoms with Gasteiger partial charge in [-0.15, -0.1) is 0 Å². The minimum atomic E-state index is -2.46. The van der Waals surface area contributed by atoms with Crippen LogP contribution in [0, 0.1) is 17.8 Å². The Bertz CT molecular complexity index is 1370. The number of carbonyl (C=O) groups excluding carboxylic acids is 1. The van der Waals surface area contributed by atoms with Crippen LogP contribution in [0.25, 0.3) is 0 Å². The molecule has 0 bridgehead atoms. The Morgan fingerprint density at radius 2 is 1.25 bits per heavy atom. The van der Waals surface area contributed by atoms with Gasteiger partial charge in [-0.2, -0.15) is 0 Å². The number of esters is 1. The standard InChI is InChI=1S/C46H86O8Si3/c1-22-30-50-44(47)43(53-56(20,21)46(13,14)15)42(49-17)36(8)41(54-57(23-2,24-3)25-4)35(7)40(52-55(18,19)45(10,11)12)34(6)31-33(5)37(9)51-32-38-26-28-39(48-16)29-27-38/h22,26-29,31,33,35-37,40-43H,1,23-25,30,32H2,2-21H3/b34-31+/t33-,35+,36+,37-,40-,41-,42-,43+/m0/s1. The molecule has 8 nitrogen and oxygen atoms in total. The van der Waals surface area contributed by atoms with Crippen LogP contribution in [0.4, 0.5) is 0 Å². The molecule has 0 saturated carbocycles. The zero-order valence-electron chi connectivity index (χ0n) is 40.1. The second-order valence-electron chi connectivity index (χ2n) is 19.4. The Hall–Kier alpha value is -1.58. The van der Waals surface area contributed by atoms with Gasteiger partial charge in [0, 0.05) is 24.9 Å². The third kappa shape index (κ3) is 15.1. The molecule has 0 aromatic heterocycles. The van der Waals surface area contributed by atoms with Gasteiger partial charge in [-0.1, -0.05) is 114 Å². The van der Waals surface area contributed by atoms with Crippen molar-refractivity contribution in [2.75, 3.05) is 20.8 Å². The lowest BCUT2D eigenvalue weighted by atomic mass is 9.82. The van der Waals surface area contributed by atoms with E-state index in [0.29, 0.717) is 6.61 Å². The van der Waals surface area contributed by atoms with Crippen LogP contribution in [0.15, 0.2) is 48.6 Å². The van der Waals surface area contributed by atoms with Crippen molar-refractivity contribution >= 4 is 30.9 Å². The Labute approximate surface area is 353 Å². The third-order valence-electron chi connectivity index (χ3n) is 13.3. The number of hydrogen-bond donors (Lipinski definition) is 0. The molecule has 0 aliphatic carbocycles. The summed E-state index contributed by atoms with van der Waals surface area (Å²) in [4.78, 5) is 14.0. The van der Waals surface area contributed by atoms with Crippen molar-refractivity contribution < 1.29 is 37.0 Å². The zero-order valence-corrected chi connectivity index (χ0v) is 43.1. The van der Waals surface area contributed by atoms with Crippen LogP contribution in [0.1, 0.15) is 102 Å². The zero-order chi connectivity index (χ0) is 44.2. The lowest BCUT2D eigenvalue weighted by Crippen LogP contribution is -2.57. The number of rotatable bonds is 25. The summed E-state index contributed by atoms with van der Waals surface area (Å²) < 4.78 is 46.0. The lowest BCUT2D eigenvalue weighted by Gasteiger charge is -2.48. The van der Waals surface area contributed by atoms with E-state index in [4.69, 9.17) is 32.2 Å². The third-order valence-corrected chi connectivity index (χ3v) is 26.9. The molecule has 0 fully saturated rings. The van der Waals surface area contributed by atoms with Gasteiger partial charge in [0.2, 0.25) is 0 Å². The van der Waals surface area contributed by atoms with Gasteiger partial charge in [0.1, 0.15) is 12.4 Å². The van der Waals surface area contributed by atoms with E-state index in [1.54, 1.807) is 20.3 Å². The Morgan fingerprint density at radius 1 is 0.754 bits per heavy atom. The summed E-state index contributed by atoms with van der Waals surface area (Å²) in [5, 5.41) is -0.159. The van der Waals surface area contributed by atoms with Crippen molar-refractivity contribution in [2.45, 2.75) is 188 Å². The predicted octanol–water partition coefficient (Wildman–Crippen LogP) is 12.4. The number of carbonyl (C=O) groups is 1. The highest BCUT2D eigenvalue weighted by molar-refractivity contribution is 6.75. The fourth-order valence-corrected chi connectivity index (χ4v) is 12.4. The van der Waals surface area contributed by atoms with E-state index in [1.165, 1.54) is 0 Å². The molecule has 0 aliphatic rings. The smallest absolute Gasteiger partial charge is 0.337 e. The van der Waals surface area contributed by atoms with Crippen molar-refractivity contribution in [1.82, 2.24) is 0 Å². The highest BCUT2D eigenvalue weighted by Crippen LogP contribution is 2.43. The summed E-state index contributed by atoms with van der Waals surface area (Å²) in [5.74, 6) is 0.159. The molecule has 0 amide bonds. The first-order valence-electron chi connectivity index (χ1n) is 21.5. The van der Waals surface area contributed by atoms with Crippen LogP contribution >= 0.6 is 0 Å². The summed E-state index contributed by atoms with van der Waals surface area (Å²) in [5.41, 5.74) is 2.26. The SMILES string of the molecule is C=CCOC(=O)[C@H](O[Si](C)(C)C(C)(C)C)[C@@H](OC)[C@H](C)[C@@H](O[Si](CC)(CC)CC)[C@H](C)[C@@H](O[Si](C)(C)C(C)(C)C)/C(C)=C/[C@H](C)[C@H](C)OCc1ccc(OC)cc1. The quantitative estimate of drug-likeness (QED) is 0.0547. The summed E-state index contributed by atoms with van der Waals surface area (Å²) in [6.45, 7) is 44.6. The molecule has 0 aliphatic heterocycles. The van der Waals surface area contributed by atoms with Gasteiger partial charge >= 0.3 is 5.97 Å². The van der Waals surface area contributed by atoms with Crippen molar-refractivity contribution in [3.63, 3.8) is 0 Å². The van der Waals surface area contributed by atoms with Crippen molar-refractivity contribution in [1.29, 1.82) is 0 Å². The fourth-order valence-electron chi connectivity index (χ4n) is 6.78.